The molecule has 0 spiro atoms. The van der Waals surface area contributed by atoms with Crippen LogP contribution in [0.4, 0.5) is 5.69 Å². The molecule has 1 aromatic carbocycles. The van der Waals surface area contributed by atoms with Gasteiger partial charge in [0.05, 0.1) is 18.6 Å². The first-order valence-electron chi connectivity index (χ1n) is 5.86. The molecule has 0 unspecified atom stereocenters. The van der Waals surface area contributed by atoms with Gasteiger partial charge in [-0.2, -0.15) is 0 Å². The van der Waals surface area contributed by atoms with Crippen molar-refractivity contribution in [3.8, 4) is 0 Å². The van der Waals surface area contributed by atoms with Gasteiger partial charge in [-0.1, -0.05) is 0 Å². The number of nitrogens with one attached hydrogen (secondary N) is 3. The molecule has 19 heavy (non-hydrogen) atoms. The number of carbonyl (C=O) groups is 1. The molecule has 2 heterocycles. The second-order valence-electron chi connectivity index (χ2n) is 4.29. The van der Waals surface area contributed by atoms with Crippen LogP contribution in [0.5, 0.6) is 0 Å². The Bertz CT molecular complexity index is 714. The zero-order valence-corrected chi connectivity index (χ0v) is 10.1. The lowest BCUT2D eigenvalue weighted by atomic mass is 10.2. The highest BCUT2D eigenvalue weighted by Crippen LogP contribution is 2.18. The van der Waals surface area contributed by atoms with Crippen LogP contribution in [0, 0.1) is 0 Å². The normalized spacial score (nSPS) is 10.7. The molecule has 0 atom stereocenters. The number of nitrogens with two attached hydrogens (primary N) is 1. The number of aromatic amines is 2. The van der Waals surface area contributed by atoms with E-state index in [1.54, 1.807) is 24.7 Å². The van der Waals surface area contributed by atoms with E-state index in [9.17, 15) is 4.79 Å². The molecule has 0 aliphatic rings. The smallest absolute Gasteiger partial charge is 0.268 e. The van der Waals surface area contributed by atoms with Gasteiger partial charge in [-0.15, -0.1) is 0 Å². The minimum absolute atomic E-state index is 0.163. The molecule has 0 aliphatic heterocycles. The molecule has 0 fully saturated rings. The number of rotatable bonds is 3. The monoisotopic (exact) mass is 255 g/mol. The van der Waals surface area contributed by atoms with E-state index in [4.69, 9.17) is 5.73 Å². The quantitative estimate of drug-likeness (QED) is 0.532. The molecular formula is C13H13N5O. The molecule has 0 aliphatic carbocycles. The highest BCUT2D eigenvalue weighted by atomic mass is 16.1. The number of carbonyl (C=O) groups excluding carboxylic acids is 1. The molecule has 96 valence electrons. The number of benzene rings is 1. The molecule has 2 aromatic heterocycles. The molecule has 6 heteroatoms. The summed E-state index contributed by atoms with van der Waals surface area (Å²) in [5.74, 6) is -0.163. The van der Waals surface area contributed by atoms with E-state index < -0.39 is 0 Å². The van der Waals surface area contributed by atoms with Crippen molar-refractivity contribution in [3.63, 3.8) is 0 Å². The van der Waals surface area contributed by atoms with Crippen LogP contribution in [0.1, 0.15) is 16.2 Å². The van der Waals surface area contributed by atoms with Gasteiger partial charge < -0.3 is 21.0 Å². The van der Waals surface area contributed by atoms with E-state index in [-0.39, 0.29) is 5.91 Å². The van der Waals surface area contributed by atoms with Crippen molar-refractivity contribution in [2.75, 3.05) is 5.73 Å². The minimum atomic E-state index is -0.163. The van der Waals surface area contributed by atoms with Crippen LogP contribution in [0.3, 0.4) is 0 Å². The first-order chi connectivity index (χ1) is 9.22. The number of nitrogens with zero attached hydrogens (tertiary/aromatic N) is 1. The van der Waals surface area contributed by atoms with E-state index in [1.807, 2.05) is 12.1 Å². The lowest BCUT2D eigenvalue weighted by molar-refractivity contribution is 0.0946. The maximum absolute atomic E-state index is 12.0. The molecule has 5 N–H and O–H groups in total. The number of hydrogen-bond acceptors (Lipinski definition) is 3. The Morgan fingerprint density at radius 2 is 2.26 bits per heavy atom. The second kappa shape index (κ2) is 4.49. The van der Waals surface area contributed by atoms with Crippen molar-refractivity contribution >= 4 is 22.5 Å². The molecule has 0 radical (unpaired) electrons. The third kappa shape index (κ3) is 2.28. The van der Waals surface area contributed by atoms with E-state index >= 15 is 0 Å². The van der Waals surface area contributed by atoms with Crippen LogP contribution in [0.15, 0.2) is 36.8 Å². The lowest BCUT2D eigenvalue weighted by Gasteiger charge is -2.00. The summed E-state index contributed by atoms with van der Waals surface area (Å²) in [7, 11) is 0. The number of H-pyrrole nitrogens is 2. The number of anilines is 1. The predicted octanol–water partition coefficient (Wildman–Crippen LogP) is 1.40. The van der Waals surface area contributed by atoms with Crippen molar-refractivity contribution in [1.29, 1.82) is 0 Å². The van der Waals surface area contributed by atoms with Crippen LogP contribution in [0.2, 0.25) is 0 Å². The van der Waals surface area contributed by atoms with E-state index in [2.05, 4.69) is 20.3 Å². The minimum Gasteiger partial charge on any atom is -0.399 e. The third-order valence-corrected chi connectivity index (χ3v) is 2.88. The topological polar surface area (TPSA) is 99.6 Å². The van der Waals surface area contributed by atoms with Gasteiger partial charge in [0.25, 0.3) is 5.91 Å². The SMILES string of the molecule is Nc1ccc2[nH]c(C(=O)NCc3cnc[nH]3)cc2c1. The zero-order chi connectivity index (χ0) is 13.2. The highest BCUT2D eigenvalue weighted by molar-refractivity contribution is 5.98. The Kier molecular flexibility index (Phi) is 2.68. The Morgan fingerprint density at radius 3 is 3.05 bits per heavy atom. The van der Waals surface area contributed by atoms with Crippen LogP contribution in [0.25, 0.3) is 10.9 Å². The van der Waals surface area contributed by atoms with Gasteiger partial charge in [-0.05, 0) is 24.3 Å². The first-order valence-corrected chi connectivity index (χ1v) is 5.86. The summed E-state index contributed by atoms with van der Waals surface area (Å²) in [5.41, 5.74) is 8.64. The molecule has 0 saturated carbocycles. The molecule has 1 amide bonds. The van der Waals surface area contributed by atoms with E-state index in [0.717, 1.165) is 16.6 Å². The summed E-state index contributed by atoms with van der Waals surface area (Å²) in [6, 6.07) is 7.27. The maximum Gasteiger partial charge on any atom is 0.268 e. The number of hydrogen-bond donors (Lipinski definition) is 4. The summed E-state index contributed by atoms with van der Waals surface area (Å²) < 4.78 is 0. The lowest BCUT2D eigenvalue weighted by Crippen LogP contribution is -2.23. The van der Waals surface area contributed by atoms with Crippen LogP contribution in [-0.2, 0) is 6.54 Å². The molecule has 0 saturated heterocycles. The standard InChI is InChI=1S/C13H13N5O/c14-9-1-2-11-8(3-9)4-12(18-11)13(19)16-6-10-5-15-7-17-10/h1-5,7,18H,6,14H2,(H,15,17)(H,16,19). The molecular weight excluding hydrogens is 242 g/mol. The fraction of sp³-hybridized carbons (Fsp3) is 0.0769. The van der Waals surface area contributed by atoms with Crippen molar-refractivity contribution in [1.82, 2.24) is 20.3 Å². The number of nitrogen functional groups attached to an aromatic ring is 1. The van der Waals surface area contributed by atoms with Gasteiger partial charge in [0.2, 0.25) is 0 Å². The Labute approximate surface area is 109 Å². The Hall–Kier alpha value is -2.76. The molecule has 3 rings (SSSR count). The second-order valence-corrected chi connectivity index (χ2v) is 4.29. The number of amides is 1. The van der Waals surface area contributed by atoms with E-state index in [0.29, 0.717) is 17.9 Å². The van der Waals surface area contributed by atoms with Crippen LogP contribution < -0.4 is 11.1 Å². The first kappa shape index (κ1) is 11.3. The van der Waals surface area contributed by atoms with Crippen LogP contribution in [-0.4, -0.2) is 20.9 Å². The van der Waals surface area contributed by atoms with Gasteiger partial charge in [-0.25, -0.2) is 4.98 Å². The van der Waals surface area contributed by atoms with Crippen molar-refractivity contribution in [2.24, 2.45) is 0 Å². The van der Waals surface area contributed by atoms with E-state index in [1.165, 1.54) is 0 Å². The Morgan fingerprint density at radius 1 is 1.37 bits per heavy atom. The molecule has 6 nitrogen and oxygen atoms in total. The van der Waals surface area contributed by atoms with Gasteiger partial charge in [-0.3, -0.25) is 4.79 Å². The highest BCUT2D eigenvalue weighted by Gasteiger charge is 2.09. The number of fused-ring (bicyclic) bond motifs is 1. The van der Waals surface area contributed by atoms with Crippen molar-refractivity contribution in [2.45, 2.75) is 6.54 Å². The average Bonchev–Trinajstić information content (AvgIpc) is 3.04. The fourth-order valence-corrected chi connectivity index (χ4v) is 1.93. The summed E-state index contributed by atoms with van der Waals surface area (Å²) in [6.07, 6.45) is 3.25. The van der Waals surface area contributed by atoms with Crippen molar-refractivity contribution < 1.29 is 4.79 Å². The van der Waals surface area contributed by atoms with Gasteiger partial charge >= 0.3 is 0 Å². The summed E-state index contributed by atoms with van der Waals surface area (Å²) in [5, 5.41) is 3.73. The summed E-state index contributed by atoms with van der Waals surface area (Å²) >= 11 is 0. The fourth-order valence-electron chi connectivity index (χ4n) is 1.93. The third-order valence-electron chi connectivity index (χ3n) is 2.88. The maximum atomic E-state index is 12.0. The molecule has 3 aromatic rings. The zero-order valence-electron chi connectivity index (χ0n) is 10.1. The largest absolute Gasteiger partial charge is 0.399 e. The van der Waals surface area contributed by atoms with Gasteiger partial charge in [0.15, 0.2) is 0 Å². The molecule has 0 bridgehead atoms. The Balaban J connectivity index is 1.77. The van der Waals surface area contributed by atoms with Crippen molar-refractivity contribution in [3.05, 3.63) is 48.2 Å². The number of imidazole rings is 1. The van der Waals surface area contributed by atoms with Crippen LogP contribution >= 0.6 is 0 Å². The number of aromatic nitrogens is 3. The average molecular weight is 255 g/mol. The van der Waals surface area contributed by atoms with Gasteiger partial charge in [0.1, 0.15) is 5.69 Å². The predicted molar refractivity (Wildman–Crippen MR) is 72.5 cm³/mol. The van der Waals surface area contributed by atoms with Gasteiger partial charge in [0, 0.05) is 22.8 Å². The summed E-state index contributed by atoms with van der Waals surface area (Å²) in [4.78, 5) is 21.9. The summed E-state index contributed by atoms with van der Waals surface area (Å²) in [6.45, 7) is 0.413.